The number of carbonyl (C=O) groups excluding carboxylic acids is 1. The summed E-state index contributed by atoms with van der Waals surface area (Å²) in [4.78, 5) is 22.6. The number of ether oxygens (including phenoxy) is 6. The van der Waals surface area contributed by atoms with Gasteiger partial charge in [0, 0.05) is 5.56 Å². The molecule has 17 heteroatoms. The summed E-state index contributed by atoms with van der Waals surface area (Å²) in [5, 5.41) is 22.6. The SMILES string of the molecule is COc1ccc(N=C[N-]c2ccc(OC)cc2)cc1.COc1ccc(N=C[N-]c2ccc(OC)cc2)cc1.COc1ccc(N=C[N-]c2ccc(OC)cc2)cc1.O=C([O-])c1ccoc1.[Mo+2].[Mo+2]. The summed E-state index contributed by atoms with van der Waals surface area (Å²) >= 11 is 0. The summed E-state index contributed by atoms with van der Waals surface area (Å²) in [6.45, 7) is 0. The molecule has 7 aromatic rings. The minimum atomic E-state index is -1.21. The minimum absolute atomic E-state index is 0. The standard InChI is InChI=1S/3C15H15N2O2.C5H4O3.2Mo/c3*1-18-14-7-3-12(4-8-14)16-11-17-13-5-9-15(19-2)10-6-13;6-5(7)4-1-2-8-3-4;;/h3*3-11H,1-2H3;1-3H,(H,6,7);;/q3*-1;;2*+2/p-1. The van der Waals surface area contributed by atoms with Gasteiger partial charge in [0.2, 0.25) is 0 Å². The quantitative estimate of drug-likeness (QED) is 0.0515. The third-order valence-electron chi connectivity index (χ3n) is 8.43. The number of aromatic carboxylic acids is 1. The fourth-order valence-corrected chi connectivity index (χ4v) is 4.88. The normalized spacial score (nSPS) is 9.94. The van der Waals surface area contributed by atoms with Crippen molar-refractivity contribution in [2.45, 2.75) is 0 Å². The molecule has 67 heavy (non-hydrogen) atoms. The second-order valence-corrected chi connectivity index (χ2v) is 12.6. The Morgan fingerprint density at radius 2 is 0.657 bits per heavy atom. The first-order valence-electron chi connectivity index (χ1n) is 19.5. The van der Waals surface area contributed by atoms with Gasteiger partial charge in [-0.1, -0.05) is 91.8 Å². The van der Waals surface area contributed by atoms with Crippen LogP contribution in [0.15, 0.2) is 184 Å². The number of nitrogens with zero attached hydrogens (tertiary/aromatic N) is 6. The molecule has 0 aliphatic carbocycles. The van der Waals surface area contributed by atoms with E-state index in [0.29, 0.717) is 0 Å². The Morgan fingerprint density at radius 3 is 0.836 bits per heavy atom. The molecular formula is C50H48Mo2N6O9. The number of methoxy groups -OCH3 is 6. The zero-order chi connectivity index (χ0) is 46.5. The van der Waals surface area contributed by atoms with Crippen LogP contribution in [0.25, 0.3) is 16.0 Å². The second kappa shape index (κ2) is 32.3. The van der Waals surface area contributed by atoms with Crippen molar-refractivity contribution in [3.05, 3.63) is 186 Å². The summed E-state index contributed by atoms with van der Waals surface area (Å²) in [6.07, 6.45) is 7.00. The van der Waals surface area contributed by atoms with Crippen LogP contribution >= 0.6 is 0 Å². The number of rotatable bonds is 16. The van der Waals surface area contributed by atoms with E-state index in [-0.39, 0.29) is 47.7 Å². The van der Waals surface area contributed by atoms with Gasteiger partial charge in [0.15, 0.2) is 0 Å². The van der Waals surface area contributed by atoms with E-state index in [9.17, 15) is 9.90 Å². The van der Waals surface area contributed by atoms with Crippen molar-refractivity contribution in [1.29, 1.82) is 0 Å². The van der Waals surface area contributed by atoms with Gasteiger partial charge in [-0.3, -0.25) is 0 Å². The first kappa shape index (κ1) is 55.8. The predicted molar refractivity (Wildman–Crippen MR) is 255 cm³/mol. The number of benzene rings is 6. The topological polar surface area (TPSA) is 188 Å². The molecule has 6 aromatic carbocycles. The summed E-state index contributed by atoms with van der Waals surface area (Å²) in [5.41, 5.74) is 5.06. The maximum atomic E-state index is 9.89. The van der Waals surface area contributed by atoms with Gasteiger partial charge in [0.25, 0.3) is 0 Å². The zero-order valence-electron chi connectivity index (χ0n) is 37.5. The van der Waals surface area contributed by atoms with Crippen LogP contribution in [0.1, 0.15) is 10.4 Å². The van der Waals surface area contributed by atoms with Crippen LogP contribution in [-0.4, -0.2) is 67.6 Å². The Balaban J connectivity index is 0.000000314. The van der Waals surface area contributed by atoms with Crippen LogP contribution < -0.4 is 33.5 Å². The molecule has 0 amide bonds. The first-order chi connectivity index (χ1) is 31.7. The summed E-state index contributed by atoms with van der Waals surface area (Å²) in [6, 6.07) is 46.1. The van der Waals surface area contributed by atoms with Crippen LogP contribution in [0.5, 0.6) is 34.5 Å². The number of carbonyl (C=O) groups is 1. The van der Waals surface area contributed by atoms with Crippen LogP contribution in [0, 0.1) is 0 Å². The number of hydrogen-bond donors (Lipinski definition) is 0. The van der Waals surface area contributed by atoms with Gasteiger partial charge in [-0.05, 0) is 113 Å². The summed E-state index contributed by atoms with van der Waals surface area (Å²) in [7, 11) is 9.82. The van der Waals surface area contributed by atoms with Crippen molar-refractivity contribution in [3.63, 3.8) is 0 Å². The smallest absolute Gasteiger partial charge is 0.545 e. The molecule has 1 aromatic heterocycles. The van der Waals surface area contributed by atoms with Crippen LogP contribution in [0.4, 0.5) is 34.1 Å². The van der Waals surface area contributed by atoms with E-state index in [1.807, 2.05) is 146 Å². The molecule has 0 spiro atoms. The van der Waals surface area contributed by atoms with E-state index >= 15 is 0 Å². The molecular weight excluding hydrogens is 1020 g/mol. The monoisotopic (exact) mass is 1070 g/mol. The molecule has 344 valence electrons. The van der Waals surface area contributed by atoms with Crippen molar-refractivity contribution in [2.75, 3.05) is 42.7 Å². The maximum absolute atomic E-state index is 9.89. The van der Waals surface area contributed by atoms with E-state index in [2.05, 4.69) is 35.3 Å². The second-order valence-electron chi connectivity index (χ2n) is 12.6. The molecule has 0 saturated heterocycles. The van der Waals surface area contributed by atoms with Crippen LogP contribution in [-0.2, 0) is 42.1 Å². The molecule has 0 aliphatic heterocycles. The molecule has 0 saturated carbocycles. The third kappa shape index (κ3) is 21.5. The van der Waals surface area contributed by atoms with Gasteiger partial charge in [0.05, 0.1) is 61.2 Å². The fraction of sp³-hybridized carbons (Fsp3) is 0.120. The van der Waals surface area contributed by atoms with E-state index in [0.717, 1.165) is 74.9 Å². The van der Waals surface area contributed by atoms with E-state index in [4.69, 9.17) is 28.4 Å². The Bertz CT molecular complexity index is 2230. The Morgan fingerprint density at radius 1 is 0.418 bits per heavy atom. The van der Waals surface area contributed by atoms with Gasteiger partial charge in [-0.25, -0.2) is 0 Å². The van der Waals surface area contributed by atoms with Crippen molar-refractivity contribution in [2.24, 2.45) is 15.0 Å². The number of aliphatic imine (C=N–C) groups is 3. The van der Waals surface area contributed by atoms with Crippen molar-refractivity contribution >= 4 is 59.1 Å². The number of carboxylic acid groups (broad SMARTS) is 1. The molecule has 0 unspecified atom stereocenters. The molecule has 0 aliphatic rings. The van der Waals surface area contributed by atoms with Gasteiger partial charge in [-0.2, -0.15) is 0 Å². The van der Waals surface area contributed by atoms with Crippen LogP contribution in [0.2, 0.25) is 0 Å². The maximum Gasteiger partial charge on any atom is 2.00 e. The predicted octanol–water partition coefficient (Wildman–Crippen LogP) is 11.8. The Kier molecular flexibility index (Phi) is 26.9. The molecule has 0 radical (unpaired) electrons. The van der Waals surface area contributed by atoms with Gasteiger partial charge in [0.1, 0.15) is 34.5 Å². The minimum Gasteiger partial charge on any atom is -0.545 e. The van der Waals surface area contributed by atoms with Crippen molar-refractivity contribution in [3.8, 4) is 34.5 Å². The van der Waals surface area contributed by atoms with Gasteiger partial charge >= 0.3 is 42.1 Å². The third-order valence-corrected chi connectivity index (χ3v) is 8.43. The van der Waals surface area contributed by atoms with E-state index < -0.39 is 5.97 Å². The van der Waals surface area contributed by atoms with Crippen molar-refractivity contribution in [1.82, 2.24) is 0 Å². The molecule has 0 N–H and O–H groups in total. The van der Waals surface area contributed by atoms with Gasteiger partial charge in [-0.15, -0.1) is 0 Å². The van der Waals surface area contributed by atoms with Crippen molar-refractivity contribution < 1.29 is 84.9 Å². The summed E-state index contributed by atoms with van der Waals surface area (Å²) < 4.78 is 34.9. The van der Waals surface area contributed by atoms with Crippen LogP contribution in [0.3, 0.4) is 0 Å². The molecule has 7 rings (SSSR count). The molecule has 0 atom stereocenters. The largest absolute Gasteiger partial charge is 2.00 e. The Labute approximate surface area is 419 Å². The zero-order valence-corrected chi connectivity index (χ0v) is 41.5. The molecule has 0 fully saturated rings. The average molecular weight is 1070 g/mol. The van der Waals surface area contributed by atoms with E-state index in [1.54, 1.807) is 42.7 Å². The number of hydrogen-bond acceptors (Lipinski definition) is 12. The molecule has 15 nitrogen and oxygen atoms in total. The first-order valence-corrected chi connectivity index (χ1v) is 19.5. The average Bonchev–Trinajstić information content (AvgIpc) is 3.92. The Hall–Kier alpha value is -7.34. The van der Waals surface area contributed by atoms with E-state index in [1.165, 1.54) is 31.3 Å². The van der Waals surface area contributed by atoms with Gasteiger partial charge < -0.3 is 73.7 Å². The number of carboxylic acids is 1. The fourth-order valence-electron chi connectivity index (χ4n) is 4.88. The molecule has 1 heterocycles. The molecule has 0 bridgehead atoms. The number of furan rings is 1. The summed E-state index contributed by atoms with van der Waals surface area (Å²) in [5.74, 6) is 3.66.